The smallest absolute Gasteiger partial charge is 0.311 e. The van der Waals surface area contributed by atoms with Crippen molar-refractivity contribution in [3.05, 3.63) is 80.7 Å². The van der Waals surface area contributed by atoms with E-state index in [1.165, 1.54) is 12.1 Å². The van der Waals surface area contributed by atoms with Crippen LogP contribution in [-0.4, -0.2) is 31.4 Å². The van der Waals surface area contributed by atoms with Crippen LogP contribution in [0.4, 0.5) is 23.3 Å². The van der Waals surface area contributed by atoms with Crippen molar-refractivity contribution in [3.8, 4) is 22.4 Å². The van der Waals surface area contributed by atoms with E-state index in [4.69, 9.17) is 34.7 Å². The third-order valence-corrected chi connectivity index (χ3v) is 5.47. The Labute approximate surface area is 204 Å². The van der Waals surface area contributed by atoms with E-state index in [1.807, 2.05) is 12.1 Å². The van der Waals surface area contributed by atoms with Gasteiger partial charge >= 0.3 is 5.69 Å². The topological polar surface area (TPSA) is 159 Å². The molecule has 0 bridgehead atoms. The molecule has 0 aliphatic heterocycles. The molecule has 0 spiro atoms. The van der Waals surface area contributed by atoms with Gasteiger partial charge in [0.1, 0.15) is 5.82 Å². The number of nitrogens with one attached hydrogen (secondary N) is 1. The molecule has 3 aromatic heterocycles. The van der Waals surface area contributed by atoms with Gasteiger partial charge in [-0.3, -0.25) is 15.1 Å². The van der Waals surface area contributed by atoms with Gasteiger partial charge in [-0.05, 0) is 42.0 Å². The van der Waals surface area contributed by atoms with Crippen LogP contribution in [0.2, 0.25) is 10.0 Å². The number of halogens is 2. The first-order chi connectivity index (χ1) is 16.3. The number of anilines is 3. The fourth-order valence-corrected chi connectivity index (χ4v) is 3.93. The fraction of sp³-hybridized carbons (Fsp3) is 0.0909. The number of nitro groups is 1. The van der Waals surface area contributed by atoms with Crippen LogP contribution >= 0.6 is 23.2 Å². The summed E-state index contributed by atoms with van der Waals surface area (Å²) in [4.78, 5) is 27.4. The van der Waals surface area contributed by atoms with Gasteiger partial charge in [-0.15, -0.1) is 0 Å². The summed E-state index contributed by atoms with van der Waals surface area (Å²) in [5.41, 5.74) is 15.0. The summed E-state index contributed by atoms with van der Waals surface area (Å²) in [6, 6.07) is 11.6. The third-order valence-electron chi connectivity index (χ3n) is 4.92. The molecule has 12 heteroatoms. The van der Waals surface area contributed by atoms with Gasteiger partial charge in [-0.25, -0.2) is 15.0 Å². The Bertz CT molecular complexity index is 1370. The third kappa shape index (κ3) is 4.98. The molecule has 0 radical (unpaired) electrons. The Morgan fingerprint density at radius 3 is 2.44 bits per heavy atom. The van der Waals surface area contributed by atoms with Gasteiger partial charge in [-0.1, -0.05) is 23.2 Å². The van der Waals surface area contributed by atoms with E-state index in [1.54, 1.807) is 30.6 Å². The van der Waals surface area contributed by atoms with Crippen LogP contribution in [0, 0.1) is 10.1 Å². The molecule has 4 aromatic rings. The molecule has 34 heavy (non-hydrogen) atoms. The Morgan fingerprint density at radius 2 is 1.76 bits per heavy atom. The summed E-state index contributed by atoms with van der Waals surface area (Å²) in [5.74, 6) is 0.321. The molecule has 0 amide bonds. The summed E-state index contributed by atoms with van der Waals surface area (Å²) in [6.07, 6.45) is 3.77. The van der Waals surface area contributed by atoms with Crippen molar-refractivity contribution in [3.63, 3.8) is 0 Å². The van der Waals surface area contributed by atoms with E-state index in [9.17, 15) is 10.1 Å². The SMILES string of the molecule is Nc1nc(CCNc2ccc([N+](=O)[O-])c(N)n2)c(-c2ccncc2)c(-c2ccc(Cl)cc2Cl)n1. The summed E-state index contributed by atoms with van der Waals surface area (Å²) in [5, 5.41) is 15.0. The number of nitrogen functional groups attached to an aromatic ring is 2. The highest BCUT2D eigenvalue weighted by molar-refractivity contribution is 6.36. The number of nitrogens with two attached hydrogens (primary N) is 2. The fourth-order valence-electron chi connectivity index (χ4n) is 3.43. The van der Waals surface area contributed by atoms with Crippen LogP contribution in [0.5, 0.6) is 0 Å². The van der Waals surface area contributed by atoms with Crippen LogP contribution < -0.4 is 16.8 Å². The first-order valence-electron chi connectivity index (χ1n) is 10.0. The maximum atomic E-state index is 10.9. The second-order valence-corrected chi connectivity index (χ2v) is 7.99. The number of nitrogens with zero attached hydrogens (tertiary/aromatic N) is 5. The Hall–Kier alpha value is -4.02. The molecule has 0 saturated carbocycles. The van der Waals surface area contributed by atoms with Gasteiger partial charge < -0.3 is 16.8 Å². The average Bonchev–Trinajstić information content (AvgIpc) is 2.79. The number of benzene rings is 1. The lowest BCUT2D eigenvalue weighted by Gasteiger charge is -2.16. The van der Waals surface area contributed by atoms with Gasteiger partial charge in [-0.2, -0.15) is 0 Å². The Kier molecular flexibility index (Phi) is 6.71. The van der Waals surface area contributed by atoms with Crippen molar-refractivity contribution in [1.82, 2.24) is 19.9 Å². The molecule has 172 valence electrons. The minimum absolute atomic E-state index is 0.0894. The molecular formula is C22H18Cl2N8O2. The Morgan fingerprint density at radius 1 is 1.00 bits per heavy atom. The van der Waals surface area contributed by atoms with E-state index < -0.39 is 4.92 Å². The standard InChI is InChI=1S/C22H18Cl2N8O2/c23-13-1-2-14(15(24)11-13)20-19(12-5-8-27-9-6-12)16(29-22(26)31-20)7-10-28-18-4-3-17(32(33)34)21(25)30-18/h1-6,8-9,11H,7,10H2,(H3,25,28,30)(H2,26,29,31). The summed E-state index contributed by atoms with van der Waals surface area (Å²) < 4.78 is 0. The molecule has 10 nitrogen and oxygen atoms in total. The van der Waals surface area contributed by atoms with Gasteiger partial charge in [0, 0.05) is 47.6 Å². The first-order valence-corrected chi connectivity index (χ1v) is 10.8. The first kappa shape index (κ1) is 23.1. The molecular weight excluding hydrogens is 479 g/mol. The minimum atomic E-state index is -0.583. The van der Waals surface area contributed by atoms with Crippen LogP contribution in [0.25, 0.3) is 22.4 Å². The van der Waals surface area contributed by atoms with Crippen molar-refractivity contribution in [2.45, 2.75) is 6.42 Å². The van der Waals surface area contributed by atoms with Crippen molar-refractivity contribution in [2.24, 2.45) is 0 Å². The summed E-state index contributed by atoms with van der Waals surface area (Å²) >= 11 is 12.6. The highest BCUT2D eigenvalue weighted by Crippen LogP contribution is 2.38. The van der Waals surface area contributed by atoms with Crippen molar-refractivity contribution < 1.29 is 4.92 Å². The zero-order valence-corrected chi connectivity index (χ0v) is 19.1. The quantitative estimate of drug-likeness (QED) is 0.244. The second-order valence-electron chi connectivity index (χ2n) is 7.15. The number of rotatable bonds is 7. The average molecular weight is 497 g/mol. The lowest BCUT2D eigenvalue weighted by molar-refractivity contribution is -0.384. The van der Waals surface area contributed by atoms with Gasteiger partial charge in [0.25, 0.3) is 0 Å². The lowest BCUT2D eigenvalue weighted by atomic mass is 9.97. The number of hydrogen-bond acceptors (Lipinski definition) is 9. The minimum Gasteiger partial charge on any atom is -0.378 e. The van der Waals surface area contributed by atoms with E-state index in [0.29, 0.717) is 45.8 Å². The molecule has 0 aliphatic carbocycles. The van der Waals surface area contributed by atoms with Crippen molar-refractivity contribution >= 4 is 46.5 Å². The number of hydrogen-bond donors (Lipinski definition) is 3. The monoisotopic (exact) mass is 496 g/mol. The normalized spacial score (nSPS) is 10.8. The van der Waals surface area contributed by atoms with Gasteiger partial charge in [0.15, 0.2) is 0 Å². The molecule has 0 fully saturated rings. The number of aromatic nitrogens is 4. The lowest BCUT2D eigenvalue weighted by Crippen LogP contribution is -2.12. The van der Waals surface area contributed by atoms with Crippen LogP contribution in [-0.2, 0) is 6.42 Å². The van der Waals surface area contributed by atoms with Gasteiger partial charge in [0.05, 0.1) is 21.3 Å². The molecule has 0 saturated heterocycles. The second kappa shape index (κ2) is 9.86. The maximum absolute atomic E-state index is 10.9. The number of pyridine rings is 2. The summed E-state index contributed by atoms with van der Waals surface area (Å²) in [6.45, 7) is 0.395. The highest BCUT2D eigenvalue weighted by Gasteiger charge is 2.19. The predicted molar refractivity (Wildman–Crippen MR) is 133 cm³/mol. The molecule has 5 N–H and O–H groups in total. The zero-order valence-electron chi connectivity index (χ0n) is 17.6. The van der Waals surface area contributed by atoms with Gasteiger partial charge in [0.2, 0.25) is 11.8 Å². The molecule has 3 heterocycles. The zero-order chi connectivity index (χ0) is 24.2. The molecule has 4 rings (SSSR count). The van der Waals surface area contributed by atoms with Crippen molar-refractivity contribution in [2.75, 3.05) is 23.3 Å². The highest BCUT2D eigenvalue weighted by atomic mass is 35.5. The van der Waals surface area contributed by atoms with Crippen molar-refractivity contribution in [1.29, 1.82) is 0 Å². The largest absolute Gasteiger partial charge is 0.378 e. The summed E-state index contributed by atoms with van der Waals surface area (Å²) in [7, 11) is 0. The molecule has 0 aliphatic rings. The molecule has 1 aromatic carbocycles. The predicted octanol–water partition coefficient (Wildman–Crippen LogP) is 4.63. The maximum Gasteiger partial charge on any atom is 0.311 e. The van der Waals surface area contributed by atoms with Crippen LogP contribution in [0.1, 0.15) is 5.69 Å². The van der Waals surface area contributed by atoms with Crippen LogP contribution in [0.3, 0.4) is 0 Å². The molecule has 0 unspecified atom stereocenters. The van der Waals surface area contributed by atoms with Crippen LogP contribution in [0.15, 0.2) is 54.9 Å². The van der Waals surface area contributed by atoms with E-state index >= 15 is 0 Å². The van der Waals surface area contributed by atoms with E-state index in [0.717, 1.165) is 11.1 Å². The Balaban J connectivity index is 1.70. The van der Waals surface area contributed by atoms with E-state index in [-0.39, 0.29) is 17.5 Å². The van der Waals surface area contributed by atoms with E-state index in [2.05, 4.69) is 25.3 Å². The molecule has 0 atom stereocenters.